The smallest absolute Gasteiger partial charge is 0.0361 e. The van der Waals surface area contributed by atoms with E-state index in [1.54, 1.807) is 0 Å². The molecule has 1 aromatic rings. The first-order valence-corrected chi connectivity index (χ1v) is 6.17. The van der Waals surface area contributed by atoms with Crippen LogP contribution >= 0.6 is 0 Å². The van der Waals surface area contributed by atoms with Gasteiger partial charge in [0.1, 0.15) is 0 Å². The van der Waals surface area contributed by atoms with Crippen molar-refractivity contribution in [3.8, 4) is 0 Å². The molecule has 1 N–H and O–H groups in total. The van der Waals surface area contributed by atoms with Gasteiger partial charge in [0, 0.05) is 31.0 Å². The van der Waals surface area contributed by atoms with Gasteiger partial charge >= 0.3 is 0 Å². The van der Waals surface area contributed by atoms with E-state index >= 15 is 0 Å². The summed E-state index contributed by atoms with van der Waals surface area (Å²) in [6, 6.07) is 5.14. The Hall–Kier alpha value is -0.760. The van der Waals surface area contributed by atoms with Gasteiger partial charge in [0.15, 0.2) is 0 Å². The van der Waals surface area contributed by atoms with Gasteiger partial charge in [-0.15, -0.1) is 0 Å². The summed E-state index contributed by atoms with van der Waals surface area (Å²) in [6.45, 7) is 6.73. The Labute approximate surface area is 92.7 Å². The van der Waals surface area contributed by atoms with Crippen molar-refractivity contribution in [2.24, 2.45) is 5.92 Å². The summed E-state index contributed by atoms with van der Waals surface area (Å²) in [4.78, 5) is 0. The van der Waals surface area contributed by atoms with Gasteiger partial charge in [-0.1, -0.05) is 13.8 Å². The summed E-state index contributed by atoms with van der Waals surface area (Å²) in [5.41, 5.74) is 1.43. The molecule has 0 aliphatic heterocycles. The van der Waals surface area contributed by atoms with Gasteiger partial charge in [-0.05, 0) is 37.3 Å². The second-order valence-electron chi connectivity index (χ2n) is 4.85. The molecule has 0 unspecified atom stereocenters. The predicted molar refractivity (Wildman–Crippen MR) is 63.7 cm³/mol. The zero-order valence-electron chi connectivity index (χ0n) is 9.87. The predicted octanol–water partition coefficient (Wildman–Crippen LogP) is 2.79. The fourth-order valence-electron chi connectivity index (χ4n) is 2.39. The van der Waals surface area contributed by atoms with Gasteiger partial charge in [-0.2, -0.15) is 0 Å². The second-order valence-corrected chi connectivity index (χ2v) is 4.85. The minimum absolute atomic E-state index is 0.768. The van der Waals surface area contributed by atoms with E-state index in [1.165, 1.54) is 25.0 Å². The third-order valence-corrected chi connectivity index (χ3v) is 3.33. The van der Waals surface area contributed by atoms with E-state index < -0.39 is 0 Å². The summed E-state index contributed by atoms with van der Waals surface area (Å²) < 4.78 is 2.36. The van der Waals surface area contributed by atoms with Gasteiger partial charge in [-0.3, -0.25) is 0 Å². The molecule has 0 aromatic carbocycles. The summed E-state index contributed by atoms with van der Waals surface area (Å²) in [7, 11) is 0. The number of hydrogen-bond acceptors (Lipinski definition) is 1. The number of nitrogens with zero attached hydrogens (tertiary/aromatic N) is 1. The van der Waals surface area contributed by atoms with Crippen LogP contribution in [0.3, 0.4) is 0 Å². The standard InChI is InChI=1S/C13H22N2/c1-3-6-15-7-4-5-13(15)10-14-12-8-11(2)9-12/h4-5,7,11-12,14H,3,6,8-10H2,1-2H3. The van der Waals surface area contributed by atoms with Crippen LogP contribution in [0.1, 0.15) is 38.8 Å². The molecule has 0 amide bonds. The molecule has 1 aliphatic rings. The van der Waals surface area contributed by atoms with Crippen LogP contribution in [0.25, 0.3) is 0 Å². The zero-order valence-corrected chi connectivity index (χ0v) is 9.87. The van der Waals surface area contributed by atoms with E-state index in [1.807, 2.05) is 0 Å². The van der Waals surface area contributed by atoms with E-state index in [2.05, 4.69) is 42.1 Å². The maximum absolute atomic E-state index is 3.63. The molecule has 1 fully saturated rings. The van der Waals surface area contributed by atoms with Crippen molar-refractivity contribution in [3.05, 3.63) is 24.0 Å². The van der Waals surface area contributed by atoms with Crippen molar-refractivity contribution in [2.75, 3.05) is 0 Å². The maximum Gasteiger partial charge on any atom is 0.0361 e. The molecule has 0 radical (unpaired) electrons. The molecule has 2 rings (SSSR count). The molecule has 1 saturated carbocycles. The molecule has 0 spiro atoms. The number of aryl methyl sites for hydroxylation is 1. The lowest BCUT2D eigenvalue weighted by Crippen LogP contribution is -2.39. The normalized spacial score (nSPS) is 25.2. The lowest BCUT2D eigenvalue weighted by molar-refractivity contribution is 0.239. The average molecular weight is 206 g/mol. The topological polar surface area (TPSA) is 17.0 Å². The molecule has 1 heterocycles. The van der Waals surface area contributed by atoms with Crippen LogP contribution in [-0.4, -0.2) is 10.6 Å². The van der Waals surface area contributed by atoms with Crippen LogP contribution in [0.15, 0.2) is 18.3 Å². The Balaban J connectivity index is 1.79. The van der Waals surface area contributed by atoms with Crippen molar-refractivity contribution in [3.63, 3.8) is 0 Å². The molecule has 1 aliphatic carbocycles. The Morgan fingerprint density at radius 1 is 1.47 bits per heavy atom. The Morgan fingerprint density at radius 3 is 2.93 bits per heavy atom. The molecule has 15 heavy (non-hydrogen) atoms. The van der Waals surface area contributed by atoms with Crippen LogP contribution in [0.4, 0.5) is 0 Å². The molecule has 84 valence electrons. The molecule has 0 bridgehead atoms. The SMILES string of the molecule is CCCn1cccc1CNC1CC(C)C1. The highest BCUT2D eigenvalue weighted by molar-refractivity contribution is 5.07. The van der Waals surface area contributed by atoms with E-state index in [0.29, 0.717) is 0 Å². The number of hydrogen-bond donors (Lipinski definition) is 1. The second kappa shape index (κ2) is 4.84. The third-order valence-electron chi connectivity index (χ3n) is 3.33. The quantitative estimate of drug-likeness (QED) is 0.784. The first-order chi connectivity index (χ1) is 7.29. The minimum atomic E-state index is 0.768. The van der Waals surface area contributed by atoms with Crippen molar-refractivity contribution < 1.29 is 0 Å². The minimum Gasteiger partial charge on any atom is -0.350 e. The fraction of sp³-hybridized carbons (Fsp3) is 0.692. The molecule has 0 atom stereocenters. The van der Waals surface area contributed by atoms with Crippen molar-refractivity contribution in [2.45, 2.75) is 52.2 Å². The van der Waals surface area contributed by atoms with Gasteiger partial charge in [-0.25, -0.2) is 0 Å². The van der Waals surface area contributed by atoms with E-state index in [4.69, 9.17) is 0 Å². The Kier molecular flexibility index (Phi) is 3.47. The average Bonchev–Trinajstić information content (AvgIpc) is 2.59. The van der Waals surface area contributed by atoms with Gasteiger partial charge < -0.3 is 9.88 Å². The van der Waals surface area contributed by atoms with E-state index in [9.17, 15) is 0 Å². The zero-order chi connectivity index (χ0) is 10.7. The van der Waals surface area contributed by atoms with Crippen LogP contribution in [0.5, 0.6) is 0 Å². The summed E-state index contributed by atoms with van der Waals surface area (Å²) in [5, 5.41) is 3.63. The van der Waals surface area contributed by atoms with Gasteiger partial charge in [0.2, 0.25) is 0 Å². The number of nitrogens with one attached hydrogen (secondary N) is 1. The summed E-state index contributed by atoms with van der Waals surface area (Å²) in [6.07, 6.45) is 6.11. The van der Waals surface area contributed by atoms with Gasteiger partial charge in [0.25, 0.3) is 0 Å². The van der Waals surface area contributed by atoms with Crippen LogP contribution in [0, 0.1) is 5.92 Å². The molecule has 1 aromatic heterocycles. The highest BCUT2D eigenvalue weighted by Gasteiger charge is 2.24. The fourth-order valence-corrected chi connectivity index (χ4v) is 2.39. The van der Waals surface area contributed by atoms with Gasteiger partial charge in [0.05, 0.1) is 0 Å². The van der Waals surface area contributed by atoms with Crippen LogP contribution in [-0.2, 0) is 13.1 Å². The lowest BCUT2D eigenvalue weighted by Gasteiger charge is -2.33. The highest BCUT2D eigenvalue weighted by atomic mass is 15.0. The van der Waals surface area contributed by atoms with E-state index in [-0.39, 0.29) is 0 Å². The molecule has 2 heteroatoms. The summed E-state index contributed by atoms with van der Waals surface area (Å²) >= 11 is 0. The highest BCUT2D eigenvalue weighted by Crippen LogP contribution is 2.26. The molecular formula is C13H22N2. The number of aromatic nitrogens is 1. The third kappa shape index (κ3) is 2.63. The van der Waals surface area contributed by atoms with Crippen molar-refractivity contribution in [1.29, 1.82) is 0 Å². The van der Waals surface area contributed by atoms with Crippen molar-refractivity contribution in [1.82, 2.24) is 9.88 Å². The lowest BCUT2D eigenvalue weighted by atomic mass is 9.82. The van der Waals surface area contributed by atoms with E-state index in [0.717, 1.165) is 25.0 Å². The van der Waals surface area contributed by atoms with Crippen LogP contribution in [0.2, 0.25) is 0 Å². The molecular weight excluding hydrogens is 184 g/mol. The number of rotatable bonds is 5. The monoisotopic (exact) mass is 206 g/mol. The molecule has 2 nitrogen and oxygen atoms in total. The molecule has 0 saturated heterocycles. The largest absolute Gasteiger partial charge is 0.350 e. The first kappa shape index (κ1) is 10.7. The summed E-state index contributed by atoms with van der Waals surface area (Å²) in [5.74, 6) is 0.935. The first-order valence-electron chi connectivity index (χ1n) is 6.17. The Morgan fingerprint density at radius 2 is 2.27 bits per heavy atom. The van der Waals surface area contributed by atoms with Crippen LogP contribution < -0.4 is 5.32 Å². The van der Waals surface area contributed by atoms with Crippen molar-refractivity contribution >= 4 is 0 Å². The maximum atomic E-state index is 3.63. The Bertz CT molecular complexity index is 297.